The first kappa shape index (κ1) is 17.1. The van der Waals surface area contributed by atoms with Gasteiger partial charge in [0.15, 0.2) is 0 Å². The number of amides is 2. The Labute approximate surface area is 166 Å². The van der Waals surface area contributed by atoms with Crippen LogP contribution in [0.2, 0.25) is 0 Å². The highest BCUT2D eigenvalue weighted by Crippen LogP contribution is 2.49. The maximum Gasteiger partial charge on any atom is 0.253 e. The third-order valence-corrected chi connectivity index (χ3v) is 6.38. The topological polar surface area (TPSA) is 43.9 Å². The van der Waals surface area contributed by atoms with E-state index in [9.17, 15) is 9.59 Å². The summed E-state index contributed by atoms with van der Waals surface area (Å²) in [5.41, 5.74) is 2.94. The average molecular weight is 426 g/mol. The van der Waals surface area contributed by atoms with Gasteiger partial charge in [-0.15, -0.1) is 0 Å². The molecule has 0 saturated carbocycles. The zero-order valence-electron chi connectivity index (χ0n) is 15.0. The highest BCUT2D eigenvalue weighted by molar-refractivity contribution is 9.10. The molecule has 2 aromatic carbocycles. The van der Waals surface area contributed by atoms with E-state index in [-0.39, 0.29) is 23.8 Å². The number of hydrogen-bond acceptors (Lipinski definition) is 4. The van der Waals surface area contributed by atoms with Gasteiger partial charge in [-0.2, -0.15) is 0 Å². The van der Waals surface area contributed by atoms with E-state index in [1.165, 1.54) is 10.5 Å². The molecule has 3 heterocycles. The number of benzene rings is 2. The van der Waals surface area contributed by atoms with Crippen molar-refractivity contribution in [3.05, 3.63) is 64.1 Å². The molecule has 0 radical (unpaired) electrons. The standard InChI is InChI=1S/C21H20BrN3O2/c1-13-6-8-14(9-7-13)18-17-19(24-11-3-10-23(18)24)21(27)25(20(17)26)16-5-2-4-15(22)12-16/h2,4-9,12,17-19H,3,10-11H2,1H3/t17-,18+,19+/m1/s1. The number of fused-ring (bicyclic) bond motifs is 3. The maximum atomic E-state index is 13.4. The Balaban J connectivity index is 1.59. The fourth-order valence-electron chi connectivity index (χ4n) is 4.75. The van der Waals surface area contributed by atoms with Crippen LogP contribution in [-0.2, 0) is 9.59 Å². The molecule has 0 spiro atoms. The first-order valence-electron chi connectivity index (χ1n) is 9.29. The molecule has 3 aliphatic heterocycles. The fraction of sp³-hybridized carbons (Fsp3) is 0.333. The van der Waals surface area contributed by atoms with Crippen molar-refractivity contribution in [2.75, 3.05) is 18.0 Å². The number of rotatable bonds is 2. The van der Waals surface area contributed by atoms with Crippen molar-refractivity contribution in [1.82, 2.24) is 10.0 Å². The Morgan fingerprint density at radius 2 is 1.63 bits per heavy atom. The van der Waals surface area contributed by atoms with Crippen LogP contribution in [0.5, 0.6) is 0 Å². The summed E-state index contributed by atoms with van der Waals surface area (Å²) in [5.74, 6) is -0.563. The number of nitrogens with zero attached hydrogens (tertiary/aromatic N) is 3. The lowest BCUT2D eigenvalue weighted by Gasteiger charge is -2.29. The normalized spacial score (nSPS) is 28.1. The Kier molecular flexibility index (Phi) is 3.96. The van der Waals surface area contributed by atoms with Gasteiger partial charge in [0.25, 0.3) is 5.91 Å². The van der Waals surface area contributed by atoms with Gasteiger partial charge in [0, 0.05) is 17.6 Å². The summed E-state index contributed by atoms with van der Waals surface area (Å²) in [6.07, 6.45) is 1.02. The van der Waals surface area contributed by atoms with Crippen LogP contribution in [0.4, 0.5) is 5.69 Å². The zero-order chi connectivity index (χ0) is 18.7. The van der Waals surface area contributed by atoms with E-state index in [1.54, 1.807) is 0 Å². The van der Waals surface area contributed by atoms with Gasteiger partial charge in [-0.1, -0.05) is 51.8 Å². The van der Waals surface area contributed by atoms with Crippen LogP contribution in [0.25, 0.3) is 0 Å². The van der Waals surface area contributed by atoms with Crippen LogP contribution >= 0.6 is 15.9 Å². The number of carbonyl (C=O) groups excluding carboxylic acids is 2. The van der Waals surface area contributed by atoms with E-state index in [4.69, 9.17) is 0 Å². The third kappa shape index (κ3) is 2.51. The number of aryl methyl sites for hydroxylation is 1. The molecule has 0 N–H and O–H groups in total. The molecule has 3 aliphatic rings. The van der Waals surface area contributed by atoms with Gasteiger partial charge < -0.3 is 0 Å². The summed E-state index contributed by atoms with van der Waals surface area (Å²) in [7, 11) is 0. The maximum absolute atomic E-state index is 13.4. The van der Waals surface area contributed by atoms with E-state index in [0.29, 0.717) is 5.69 Å². The molecule has 0 unspecified atom stereocenters. The van der Waals surface area contributed by atoms with Gasteiger partial charge in [-0.05, 0) is 37.1 Å². The summed E-state index contributed by atoms with van der Waals surface area (Å²) in [6.45, 7) is 3.78. The van der Waals surface area contributed by atoms with Crippen LogP contribution in [0.3, 0.4) is 0 Å². The molecule has 6 heteroatoms. The van der Waals surface area contributed by atoms with Gasteiger partial charge in [0.05, 0.1) is 17.6 Å². The van der Waals surface area contributed by atoms with Gasteiger partial charge in [0.1, 0.15) is 6.04 Å². The van der Waals surface area contributed by atoms with Gasteiger partial charge in [-0.3, -0.25) is 9.59 Å². The molecule has 27 heavy (non-hydrogen) atoms. The molecule has 0 aromatic heterocycles. The molecule has 5 nitrogen and oxygen atoms in total. The Hall–Kier alpha value is -2.02. The van der Waals surface area contributed by atoms with E-state index >= 15 is 0 Å². The lowest BCUT2D eigenvalue weighted by molar-refractivity contribution is -0.126. The predicted octanol–water partition coefficient (Wildman–Crippen LogP) is 3.29. The second-order valence-electron chi connectivity index (χ2n) is 7.50. The van der Waals surface area contributed by atoms with Crippen molar-refractivity contribution in [3.63, 3.8) is 0 Å². The zero-order valence-corrected chi connectivity index (χ0v) is 16.6. The first-order valence-corrected chi connectivity index (χ1v) is 10.1. The van der Waals surface area contributed by atoms with Gasteiger partial charge in [-0.25, -0.2) is 14.9 Å². The highest BCUT2D eigenvalue weighted by Gasteiger charge is 2.62. The number of halogens is 1. The largest absolute Gasteiger partial charge is 0.274 e. The minimum atomic E-state index is -0.398. The molecule has 3 atom stereocenters. The molecule has 138 valence electrons. The van der Waals surface area contributed by atoms with E-state index in [0.717, 1.165) is 29.5 Å². The predicted molar refractivity (Wildman–Crippen MR) is 106 cm³/mol. The van der Waals surface area contributed by atoms with Crippen molar-refractivity contribution in [2.24, 2.45) is 5.92 Å². The number of carbonyl (C=O) groups is 2. The molecule has 5 rings (SSSR count). The van der Waals surface area contributed by atoms with Crippen LogP contribution in [0.15, 0.2) is 53.0 Å². The van der Waals surface area contributed by atoms with E-state index in [2.05, 4.69) is 57.1 Å². The molecule has 2 aromatic rings. The third-order valence-electron chi connectivity index (χ3n) is 5.89. The van der Waals surface area contributed by atoms with Crippen LogP contribution in [0.1, 0.15) is 23.6 Å². The minimum Gasteiger partial charge on any atom is -0.274 e. The second-order valence-corrected chi connectivity index (χ2v) is 8.41. The SMILES string of the molecule is Cc1ccc([C@H]2[C@H]3C(=O)N(c4cccc(Br)c4)C(=O)[C@H]3N3CCCN23)cc1. The molecular formula is C21H20BrN3O2. The molecular weight excluding hydrogens is 406 g/mol. The van der Waals surface area contributed by atoms with Crippen LogP contribution < -0.4 is 4.90 Å². The van der Waals surface area contributed by atoms with Crippen LogP contribution in [-0.4, -0.2) is 41.0 Å². The monoisotopic (exact) mass is 425 g/mol. The van der Waals surface area contributed by atoms with Gasteiger partial charge >= 0.3 is 0 Å². The quantitative estimate of drug-likeness (QED) is 0.692. The molecule has 0 aliphatic carbocycles. The average Bonchev–Trinajstić information content (AvgIpc) is 3.28. The minimum absolute atomic E-state index is 0.0771. The Morgan fingerprint density at radius 3 is 2.33 bits per heavy atom. The Morgan fingerprint density at radius 1 is 0.926 bits per heavy atom. The molecule has 2 amide bonds. The first-order chi connectivity index (χ1) is 13.1. The van der Waals surface area contributed by atoms with Gasteiger partial charge in [0.2, 0.25) is 5.91 Å². The molecule has 3 saturated heterocycles. The summed E-state index contributed by atoms with van der Waals surface area (Å²) < 4.78 is 0.857. The molecule has 3 fully saturated rings. The Bertz CT molecular complexity index is 929. The summed E-state index contributed by atoms with van der Waals surface area (Å²) >= 11 is 3.44. The smallest absolute Gasteiger partial charge is 0.253 e. The van der Waals surface area contributed by atoms with Crippen molar-refractivity contribution < 1.29 is 9.59 Å². The summed E-state index contributed by atoms with van der Waals surface area (Å²) in [5, 5.41) is 4.38. The number of imide groups is 1. The number of hydrazine groups is 1. The lowest BCUT2D eigenvalue weighted by atomic mass is 9.89. The summed E-state index contributed by atoms with van der Waals surface area (Å²) in [4.78, 5) is 28.1. The van der Waals surface area contributed by atoms with Crippen molar-refractivity contribution >= 4 is 33.4 Å². The second kappa shape index (κ2) is 6.26. The van der Waals surface area contributed by atoms with E-state index < -0.39 is 6.04 Å². The van der Waals surface area contributed by atoms with Crippen LogP contribution in [0, 0.1) is 12.8 Å². The van der Waals surface area contributed by atoms with E-state index in [1.807, 2.05) is 24.3 Å². The highest BCUT2D eigenvalue weighted by atomic mass is 79.9. The van der Waals surface area contributed by atoms with Crippen molar-refractivity contribution in [2.45, 2.75) is 25.4 Å². The summed E-state index contributed by atoms with van der Waals surface area (Å²) in [6, 6.07) is 15.3. The van der Waals surface area contributed by atoms with Crippen molar-refractivity contribution in [3.8, 4) is 0 Å². The van der Waals surface area contributed by atoms with Crippen molar-refractivity contribution in [1.29, 1.82) is 0 Å². The lowest BCUT2D eigenvalue weighted by Crippen LogP contribution is -2.44. The molecule has 0 bridgehead atoms. The number of hydrogen-bond donors (Lipinski definition) is 0. The fourth-order valence-corrected chi connectivity index (χ4v) is 5.13. The number of anilines is 1.